The fourth-order valence-electron chi connectivity index (χ4n) is 0.402. The first-order chi connectivity index (χ1) is 5.21. The molecule has 74 valence electrons. The van der Waals surface area contributed by atoms with E-state index >= 15 is 0 Å². The van der Waals surface area contributed by atoms with Gasteiger partial charge in [0.15, 0.2) is 0 Å². The summed E-state index contributed by atoms with van der Waals surface area (Å²) in [5.41, 5.74) is 0. The van der Waals surface area contributed by atoms with Crippen LogP contribution in [0.25, 0.3) is 0 Å². The van der Waals surface area contributed by atoms with Gasteiger partial charge >= 0.3 is 51.4 Å². The minimum Gasteiger partial charge on any atom is -0.726 e. The number of rotatable bonds is 5. The third-order valence-corrected chi connectivity index (χ3v) is 2.03. The first-order valence-corrected chi connectivity index (χ1v) is 5.70. The Morgan fingerprint density at radius 2 is 1.69 bits per heavy atom. The quantitative estimate of drug-likeness (QED) is 0.229. The summed E-state index contributed by atoms with van der Waals surface area (Å²) in [7, 11) is -8.89. The summed E-state index contributed by atoms with van der Waals surface area (Å²) in [5, 5.41) is 0. The van der Waals surface area contributed by atoms with Crippen LogP contribution in [0.1, 0.15) is 6.42 Å². The van der Waals surface area contributed by atoms with Gasteiger partial charge in [-0.25, -0.2) is 8.42 Å². The van der Waals surface area contributed by atoms with Crippen molar-refractivity contribution in [3.8, 4) is 0 Å². The summed E-state index contributed by atoms with van der Waals surface area (Å²) < 4.78 is 61.2. The van der Waals surface area contributed by atoms with E-state index in [9.17, 15) is 21.4 Å². The predicted molar refractivity (Wildman–Crippen MR) is 36.7 cm³/mol. The Kier molecular flexibility index (Phi) is 8.83. The van der Waals surface area contributed by atoms with Gasteiger partial charge in [0.1, 0.15) is 0 Å². The molecule has 0 spiro atoms. The molecule has 0 bridgehead atoms. The van der Waals surface area contributed by atoms with E-state index in [0.717, 1.165) is 0 Å². The summed E-state index contributed by atoms with van der Waals surface area (Å²) in [6.45, 7) is -0.550. The molecule has 0 aromatic heterocycles. The van der Waals surface area contributed by atoms with E-state index in [1.165, 1.54) is 0 Å². The van der Waals surface area contributed by atoms with Crippen molar-refractivity contribution in [2.75, 3.05) is 12.4 Å². The average molecular weight is 258 g/mol. The Bertz CT molecular complexity index is 282. The molecule has 0 amide bonds. The van der Waals surface area contributed by atoms with Gasteiger partial charge in [-0.3, -0.25) is 8.74 Å². The fraction of sp³-hybridized carbons (Fsp3) is 1.00. The largest absolute Gasteiger partial charge is 1.00 e. The average Bonchev–Trinajstić information content (AvgIpc) is 1.76. The second-order valence-corrected chi connectivity index (χ2v) is 4.49. The molecule has 0 aromatic rings. The molecular formula is C3H7KO7S2. The van der Waals surface area contributed by atoms with Crippen LogP contribution in [-0.2, 0) is 24.7 Å². The number of hydrogen-bond donors (Lipinski definition) is 1. The molecule has 7 nitrogen and oxygen atoms in total. The van der Waals surface area contributed by atoms with Gasteiger partial charge < -0.3 is 4.55 Å². The standard InChI is InChI=1S/C3H8O7S2.K/c4-11(5,6)3-1-2-10-12(7,8)9;/h1-3H2,(H,4,5,6)(H,7,8,9);/q;+1/p-1. The minimum absolute atomic E-state index is 0. The van der Waals surface area contributed by atoms with Crippen molar-refractivity contribution in [1.82, 2.24) is 0 Å². The van der Waals surface area contributed by atoms with E-state index in [0.29, 0.717) is 0 Å². The summed E-state index contributed by atoms with van der Waals surface area (Å²) >= 11 is 0. The summed E-state index contributed by atoms with van der Waals surface area (Å²) in [6, 6.07) is 0. The molecule has 13 heavy (non-hydrogen) atoms. The molecule has 0 saturated carbocycles. The maximum atomic E-state index is 10.0. The predicted octanol–water partition coefficient (Wildman–Crippen LogP) is -4.25. The summed E-state index contributed by atoms with van der Waals surface area (Å²) in [4.78, 5) is 0. The summed E-state index contributed by atoms with van der Waals surface area (Å²) in [6.07, 6.45) is -0.250. The molecule has 0 aromatic carbocycles. The van der Waals surface area contributed by atoms with E-state index in [-0.39, 0.29) is 57.8 Å². The molecule has 0 aliphatic carbocycles. The second kappa shape index (κ2) is 6.82. The molecule has 0 unspecified atom stereocenters. The van der Waals surface area contributed by atoms with Crippen LogP contribution in [0.15, 0.2) is 0 Å². The third kappa shape index (κ3) is 16.1. The van der Waals surface area contributed by atoms with E-state index in [1.54, 1.807) is 0 Å². The summed E-state index contributed by atoms with van der Waals surface area (Å²) in [5.74, 6) is -0.636. The van der Waals surface area contributed by atoms with Crippen molar-refractivity contribution in [2.45, 2.75) is 6.42 Å². The number of hydrogen-bond acceptors (Lipinski definition) is 6. The van der Waals surface area contributed by atoms with Crippen LogP contribution in [0.2, 0.25) is 0 Å². The van der Waals surface area contributed by atoms with E-state index in [4.69, 9.17) is 4.55 Å². The van der Waals surface area contributed by atoms with E-state index < -0.39 is 32.9 Å². The Morgan fingerprint density at radius 3 is 2.00 bits per heavy atom. The van der Waals surface area contributed by atoms with Crippen molar-refractivity contribution >= 4 is 20.5 Å². The maximum Gasteiger partial charge on any atom is 1.00 e. The van der Waals surface area contributed by atoms with Crippen molar-refractivity contribution < 1.29 is 81.5 Å². The molecule has 0 aliphatic heterocycles. The van der Waals surface area contributed by atoms with Crippen molar-refractivity contribution in [2.24, 2.45) is 0 Å². The third-order valence-electron chi connectivity index (χ3n) is 0.774. The minimum atomic E-state index is -4.77. The van der Waals surface area contributed by atoms with Crippen LogP contribution in [0.3, 0.4) is 0 Å². The van der Waals surface area contributed by atoms with Gasteiger partial charge in [0.25, 0.3) is 10.1 Å². The molecular weight excluding hydrogens is 251 g/mol. The van der Waals surface area contributed by atoms with Gasteiger partial charge in [-0.2, -0.15) is 8.42 Å². The molecule has 0 rings (SSSR count). The van der Waals surface area contributed by atoms with E-state index in [1.807, 2.05) is 0 Å². The van der Waals surface area contributed by atoms with Crippen LogP contribution in [0, 0.1) is 0 Å². The van der Waals surface area contributed by atoms with Crippen molar-refractivity contribution in [1.29, 1.82) is 0 Å². The molecule has 1 N–H and O–H groups in total. The molecule has 0 atom stereocenters. The van der Waals surface area contributed by atoms with Gasteiger partial charge in [-0.1, -0.05) is 0 Å². The molecule has 0 saturated heterocycles. The molecule has 0 heterocycles. The first kappa shape index (κ1) is 16.8. The normalized spacial score (nSPS) is 12.2. The first-order valence-electron chi connectivity index (χ1n) is 2.76. The van der Waals surface area contributed by atoms with Crippen LogP contribution in [-0.4, -0.2) is 38.3 Å². The van der Waals surface area contributed by atoms with Crippen LogP contribution in [0.4, 0.5) is 0 Å². The molecule has 0 aliphatic rings. The van der Waals surface area contributed by atoms with Crippen molar-refractivity contribution in [3.05, 3.63) is 0 Å². The topological polar surface area (TPSA) is 121 Å². The second-order valence-electron chi connectivity index (χ2n) is 1.87. The van der Waals surface area contributed by atoms with Gasteiger partial charge in [-0.05, 0) is 6.42 Å². The molecule has 10 heteroatoms. The van der Waals surface area contributed by atoms with Crippen LogP contribution >= 0.6 is 0 Å². The Morgan fingerprint density at radius 1 is 1.23 bits per heavy atom. The van der Waals surface area contributed by atoms with Gasteiger partial charge in [0.05, 0.1) is 12.4 Å². The van der Waals surface area contributed by atoms with Gasteiger partial charge in [0, 0.05) is 0 Å². The monoisotopic (exact) mass is 258 g/mol. The Balaban J connectivity index is 0. The van der Waals surface area contributed by atoms with Crippen molar-refractivity contribution in [3.63, 3.8) is 0 Å². The zero-order valence-corrected chi connectivity index (χ0v) is 11.6. The zero-order valence-electron chi connectivity index (χ0n) is 6.83. The van der Waals surface area contributed by atoms with E-state index in [2.05, 4.69) is 4.18 Å². The molecule has 0 fully saturated rings. The fourth-order valence-corrected chi connectivity index (χ4v) is 1.21. The SMILES string of the molecule is O=S(=O)(O)CCCOS(=O)(=O)[O-].[K+]. The molecule has 0 radical (unpaired) electrons. The van der Waals surface area contributed by atoms with Gasteiger partial charge in [-0.15, -0.1) is 0 Å². The Labute approximate surface area is 119 Å². The van der Waals surface area contributed by atoms with Crippen LogP contribution < -0.4 is 51.4 Å². The Hall–Kier alpha value is 1.42. The van der Waals surface area contributed by atoms with Crippen LogP contribution in [0.5, 0.6) is 0 Å². The maximum absolute atomic E-state index is 10.0. The van der Waals surface area contributed by atoms with Gasteiger partial charge in [0.2, 0.25) is 10.4 Å². The smallest absolute Gasteiger partial charge is 0.726 e. The zero-order chi connectivity index (χ0) is 9.83.